The van der Waals surface area contributed by atoms with Crippen LogP contribution in [0.3, 0.4) is 0 Å². The standard InChI is InChI=1S/C24H27N3O3/c28-23(19-7-4-8-20-21(19)30-12-11-29-20)25-22-17-13-26-9-10-27(14-17)16-24(22,15-26)18-5-2-1-3-6-18/h1-8,17,22H,9-16H2,(H,25,28)/t17?,22-,24?/m1/s1. The van der Waals surface area contributed by atoms with Gasteiger partial charge in [-0.05, 0) is 17.7 Å². The fraction of sp³-hybridized carbons (Fsp3) is 0.458. The zero-order valence-electron chi connectivity index (χ0n) is 17.0. The Morgan fingerprint density at radius 3 is 2.43 bits per heavy atom. The first-order valence-electron chi connectivity index (χ1n) is 10.9. The molecule has 2 aromatic carbocycles. The maximum absolute atomic E-state index is 13.5. The number of benzene rings is 2. The van der Waals surface area contributed by atoms with E-state index < -0.39 is 0 Å². The number of ether oxygens (including phenoxy) is 2. The lowest BCUT2D eigenvalue weighted by molar-refractivity contribution is 0.0179. The minimum atomic E-state index is -0.0964. The molecule has 1 N–H and O–H groups in total. The summed E-state index contributed by atoms with van der Waals surface area (Å²) in [7, 11) is 0. The number of carbonyl (C=O) groups excluding carboxylic acids is 1. The van der Waals surface area contributed by atoms with Crippen molar-refractivity contribution in [2.45, 2.75) is 11.5 Å². The molecule has 4 saturated heterocycles. The molecule has 0 aromatic heterocycles. The Morgan fingerprint density at radius 1 is 0.933 bits per heavy atom. The number of piperidine rings is 2. The number of rotatable bonds is 3. The van der Waals surface area contributed by atoms with Crippen LogP contribution in [0.2, 0.25) is 0 Å². The van der Waals surface area contributed by atoms with E-state index in [9.17, 15) is 4.79 Å². The van der Waals surface area contributed by atoms with E-state index in [1.54, 1.807) is 0 Å². The largest absolute Gasteiger partial charge is 0.486 e. The van der Waals surface area contributed by atoms with Crippen LogP contribution in [0.4, 0.5) is 0 Å². The van der Waals surface area contributed by atoms with E-state index in [4.69, 9.17) is 9.47 Å². The maximum atomic E-state index is 13.5. The van der Waals surface area contributed by atoms with Crippen molar-refractivity contribution in [3.63, 3.8) is 0 Å². The van der Waals surface area contributed by atoms with Gasteiger partial charge in [0.05, 0.1) is 5.56 Å². The van der Waals surface area contributed by atoms with Gasteiger partial charge in [0.25, 0.3) is 5.91 Å². The van der Waals surface area contributed by atoms with E-state index in [1.807, 2.05) is 18.2 Å². The first-order chi connectivity index (χ1) is 14.7. The summed E-state index contributed by atoms with van der Waals surface area (Å²) in [4.78, 5) is 18.7. The van der Waals surface area contributed by atoms with Crippen LogP contribution in [0.1, 0.15) is 15.9 Å². The van der Waals surface area contributed by atoms with Crippen molar-refractivity contribution >= 4 is 5.91 Å². The average molecular weight is 405 g/mol. The molecule has 5 heterocycles. The summed E-state index contributed by atoms with van der Waals surface area (Å²) in [5.41, 5.74) is 1.80. The zero-order chi connectivity index (χ0) is 20.1. The summed E-state index contributed by atoms with van der Waals surface area (Å²) in [5, 5.41) is 3.47. The summed E-state index contributed by atoms with van der Waals surface area (Å²) in [6, 6.07) is 16.4. The number of hydrogen-bond donors (Lipinski definition) is 1. The Bertz CT molecular complexity index is 947. The number of hydrogen-bond acceptors (Lipinski definition) is 5. The smallest absolute Gasteiger partial charge is 0.255 e. The Hall–Kier alpha value is -2.57. The van der Waals surface area contributed by atoms with Crippen LogP contribution < -0.4 is 14.8 Å². The summed E-state index contributed by atoms with van der Waals surface area (Å²) in [5.74, 6) is 1.58. The van der Waals surface area contributed by atoms with Crippen LogP contribution in [-0.4, -0.2) is 74.2 Å². The van der Waals surface area contributed by atoms with Crippen molar-refractivity contribution in [2.75, 3.05) is 52.5 Å². The van der Waals surface area contributed by atoms with Gasteiger partial charge in [-0.2, -0.15) is 0 Å². The third-order valence-electron chi connectivity index (χ3n) is 7.24. The second kappa shape index (κ2) is 7.00. The minimum absolute atomic E-state index is 0.0613. The van der Waals surface area contributed by atoms with E-state index in [0.29, 0.717) is 36.2 Å². The van der Waals surface area contributed by atoms with Gasteiger partial charge in [0.15, 0.2) is 11.5 Å². The van der Waals surface area contributed by atoms with Crippen LogP contribution in [-0.2, 0) is 5.41 Å². The Labute approximate surface area is 176 Å². The van der Waals surface area contributed by atoms with Crippen LogP contribution in [0.25, 0.3) is 0 Å². The second-order valence-corrected chi connectivity index (χ2v) is 9.03. The van der Waals surface area contributed by atoms with Crippen molar-refractivity contribution in [1.29, 1.82) is 0 Å². The Balaban J connectivity index is 1.38. The fourth-order valence-electron chi connectivity index (χ4n) is 6.04. The molecule has 1 amide bonds. The Kier molecular flexibility index (Phi) is 4.25. The predicted molar refractivity (Wildman–Crippen MR) is 113 cm³/mol. The Morgan fingerprint density at radius 2 is 1.67 bits per heavy atom. The molecule has 3 atom stereocenters. The van der Waals surface area contributed by atoms with Gasteiger partial charge in [0.2, 0.25) is 0 Å². The molecule has 4 bridgehead atoms. The lowest BCUT2D eigenvalue weighted by atomic mass is 9.64. The molecular weight excluding hydrogens is 378 g/mol. The van der Waals surface area contributed by atoms with Gasteiger partial charge in [-0.3, -0.25) is 4.79 Å². The number of nitrogens with one attached hydrogen (secondary N) is 1. The lowest BCUT2D eigenvalue weighted by Crippen LogP contribution is -2.70. The molecule has 0 radical (unpaired) electrons. The maximum Gasteiger partial charge on any atom is 0.255 e. The van der Waals surface area contributed by atoms with Gasteiger partial charge in [0.1, 0.15) is 13.2 Å². The van der Waals surface area contributed by atoms with E-state index in [2.05, 4.69) is 45.4 Å². The SMILES string of the molecule is O=C(N[C@@H]1C2CN3CCN(C2)CC1(c1ccccc1)C3)c1cccc2c1OCCO2. The molecule has 5 aliphatic rings. The topological polar surface area (TPSA) is 54.0 Å². The first-order valence-corrected chi connectivity index (χ1v) is 10.9. The number of fused-ring (bicyclic) bond motifs is 2. The van der Waals surface area contributed by atoms with Gasteiger partial charge in [-0.25, -0.2) is 0 Å². The number of amides is 1. The molecule has 2 aromatic rings. The highest BCUT2D eigenvalue weighted by atomic mass is 16.6. The van der Waals surface area contributed by atoms with Crippen molar-refractivity contribution in [3.8, 4) is 11.5 Å². The van der Waals surface area contributed by atoms with Crippen LogP contribution >= 0.6 is 0 Å². The molecule has 2 unspecified atom stereocenters. The number of para-hydroxylation sites is 1. The minimum Gasteiger partial charge on any atom is -0.486 e. The highest BCUT2D eigenvalue weighted by molar-refractivity contribution is 5.98. The third kappa shape index (κ3) is 2.81. The van der Waals surface area contributed by atoms with Crippen LogP contribution in [0, 0.1) is 5.92 Å². The predicted octanol–water partition coefficient (Wildman–Crippen LogP) is 1.76. The molecule has 30 heavy (non-hydrogen) atoms. The third-order valence-corrected chi connectivity index (χ3v) is 7.24. The molecule has 0 spiro atoms. The molecule has 0 saturated carbocycles. The van der Waals surface area contributed by atoms with E-state index >= 15 is 0 Å². The van der Waals surface area contributed by atoms with Crippen molar-refractivity contribution in [1.82, 2.24) is 15.1 Å². The van der Waals surface area contributed by atoms with Crippen molar-refractivity contribution < 1.29 is 14.3 Å². The van der Waals surface area contributed by atoms with E-state index in [0.717, 1.165) is 39.3 Å². The summed E-state index contributed by atoms with van der Waals surface area (Å²) < 4.78 is 11.5. The molecule has 5 aliphatic heterocycles. The molecule has 4 fully saturated rings. The van der Waals surface area contributed by atoms with Crippen molar-refractivity contribution in [2.24, 2.45) is 5.92 Å². The molecule has 6 nitrogen and oxygen atoms in total. The zero-order valence-corrected chi connectivity index (χ0v) is 17.0. The van der Waals surface area contributed by atoms with Crippen LogP contribution in [0.5, 0.6) is 11.5 Å². The quantitative estimate of drug-likeness (QED) is 0.843. The average Bonchev–Trinajstić information content (AvgIpc) is 3.04. The second-order valence-electron chi connectivity index (χ2n) is 9.03. The normalized spacial score (nSPS) is 33.7. The number of carbonyl (C=O) groups is 1. The van der Waals surface area contributed by atoms with Gasteiger partial charge in [-0.15, -0.1) is 0 Å². The molecule has 156 valence electrons. The lowest BCUT2D eigenvalue weighted by Gasteiger charge is -2.55. The molecule has 7 rings (SSSR count). The van der Waals surface area contributed by atoms with Crippen molar-refractivity contribution in [3.05, 3.63) is 59.7 Å². The van der Waals surface area contributed by atoms with Gasteiger partial charge in [-0.1, -0.05) is 36.4 Å². The monoisotopic (exact) mass is 405 g/mol. The summed E-state index contributed by atoms with van der Waals surface area (Å²) in [6.07, 6.45) is 0. The van der Waals surface area contributed by atoms with Gasteiger partial charge in [0, 0.05) is 56.6 Å². The summed E-state index contributed by atoms with van der Waals surface area (Å²) in [6.45, 7) is 7.28. The summed E-state index contributed by atoms with van der Waals surface area (Å²) >= 11 is 0. The van der Waals surface area contributed by atoms with E-state index in [-0.39, 0.29) is 17.4 Å². The van der Waals surface area contributed by atoms with Crippen LogP contribution in [0.15, 0.2) is 48.5 Å². The highest BCUT2D eigenvalue weighted by Crippen LogP contribution is 2.43. The highest BCUT2D eigenvalue weighted by Gasteiger charge is 2.55. The van der Waals surface area contributed by atoms with Gasteiger partial charge >= 0.3 is 0 Å². The first kappa shape index (κ1) is 18.2. The molecule has 0 aliphatic carbocycles. The molecular formula is C24H27N3O3. The number of nitrogens with zero attached hydrogens (tertiary/aromatic N) is 2. The van der Waals surface area contributed by atoms with E-state index in [1.165, 1.54) is 5.56 Å². The molecule has 6 heteroatoms. The van der Waals surface area contributed by atoms with Gasteiger partial charge < -0.3 is 24.6 Å². The fourth-order valence-corrected chi connectivity index (χ4v) is 6.04.